The van der Waals surface area contributed by atoms with Crippen LogP contribution in [-0.2, 0) is 0 Å². The molecule has 0 bridgehead atoms. The van der Waals surface area contributed by atoms with Gasteiger partial charge in [0.15, 0.2) is 0 Å². The number of benzene rings is 1. The summed E-state index contributed by atoms with van der Waals surface area (Å²) < 4.78 is 27.2. The molecule has 1 heterocycles. The standard InChI is InChI=1S/C10H8F2N2O/c1-6-5-13-10(15)14(6)9-3-2-7(11)4-8(9)12/h2-5H,1H3,(H,13,15). The molecule has 1 aromatic heterocycles. The quantitative estimate of drug-likeness (QED) is 0.765. The van der Waals surface area contributed by atoms with Crippen molar-refractivity contribution in [2.24, 2.45) is 0 Å². The number of aryl methyl sites for hydroxylation is 1. The fourth-order valence-corrected chi connectivity index (χ4v) is 1.42. The minimum absolute atomic E-state index is 0.0418. The Kier molecular flexibility index (Phi) is 2.15. The average Bonchev–Trinajstić information content (AvgIpc) is 2.48. The first-order valence-corrected chi connectivity index (χ1v) is 4.32. The van der Waals surface area contributed by atoms with E-state index in [1.54, 1.807) is 6.92 Å². The summed E-state index contributed by atoms with van der Waals surface area (Å²) in [6.07, 6.45) is 1.46. The second-order valence-corrected chi connectivity index (χ2v) is 3.17. The minimum Gasteiger partial charge on any atom is -0.312 e. The molecule has 2 rings (SSSR count). The summed E-state index contributed by atoms with van der Waals surface area (Å²) in [6, 6.07) is 3.08. The van der Waals surface area contributed by atoms with Crippen LogP contribution in [-0.4, -0.2) is 9.55 Å². The lowest BCUT2D eigenvalue weighted by Crippen LogP contribution is -2.17. The van der Waals surface area contributed by atoms with E-state index in [-0.39, 0.29) is 5.69 Å². The van der Waals surface area contributed by atoms with E-state index in [0.717, 1.165) is 16.7 Å². The Labute approximate surface area is 84.0 Å². The number of nitrogens with zero attached hydrogens (tertiary/aromatic N) is 1. The summed E-state index contributed by atoms with van der Waals surface area (Å²) in [5.41, 5.74) is 0.156. The van der Waals surface area contributed by atoms with Gasteiger partial charge in [-0.05, 0) is 19.1 Å². The Morgan fingerprint density at radius 2 is 2.07 bits per heavy atom. The molecule has 0 aliphatic carbocycles. The van der Waals surface area contributed by atoms with Crippen LogP contribution < -0.4 is 5.69 Å². The zero-order chi connectivity index (χ0) is 11.0. The van der Waals surface area contributed by atoms with Crippen LogP contribution in [0.25, 0.3) is 5.69 Å². The van der Waals surface area contributed by atoms with E-state index in [1.807, 2.05) is 0 Å². The number of rotatable bonds is 1. The molecular weight excluding hydrogens is 202 g/mol. The van der Waals surface area contributed by atoms with Crippen LogP contribution in [0.1, 0.15) is 5.69 Å². The third kappa shape index (κ3) is 1.56. The summed E-state index contributed by atoms with van der Waals surface area (Å²) >= 11 is 0. The fraction of sp³-hybridized carbons (Fsp3) is 0.100. The molecule has 0 unspecified atom stereocenters. The van der Waals surface area contributed by atoms with Crippen LogP contribution in [0.2, 0.25) is 0 Å². The van der Waals surface area contributed by atoms with Crippen LogP contribution in [0.15, 0.2) is 29.2 Å². The largest absolute Gasteiger partial charge is 0.330 e. The van der Waals surface area contributed by atoms with Gasteiger partial charge in [-0.3, -0.25) is 4.57 Å². The van der Waals surface area contributed by atoms with Crippen LogP contribution in [0.5, 0.6) is 0 Å². The smallest absolute Gasteiger partial charge is 0.312 e. The van der Waals surface area contributed by atoms with Gasteiger partial charge in [0.05, 0.1) is 5.69 Å². The summed E-state index contributed by atoms with van der Waals surface area (Å²) in [7, 11) is 0. The lowest BCUT2D eigenvalue weighted by molar-refractivity contribution is 0.576. The molecule has 0 spiro atoms. The SMILES string of the molecule is Cc1c[nH]c(=O)n1-c1ccc(F)cc1F. The van der Waals surface area contributed by atoms with Gasteiger partial charge in [0, 0.05) is 18.0 Å². The van der Waals surface area contributed by atoms with Crippen molar-refractivity contribution in [3.8, 4) is 5.69 Å². The Morgan fingerprint density at radius 3 is 2.60 bits per heavy atom. The third-order valence-corrected chi connectivity index (χ3v) is 2.11. The Bertz CT molecular complexity index is 557. The predicted octanol–water partition coefficient (Wildman–Crippen LogP) is 1.75. The summed E-state index contributed by atoms with van der Waals surface area (Å²) in [4.78, 5) is 13.7. The van der Waals surface area contributed by atoms with Crippen LogP contribution in [0.3, 0.4) is 0 Å². The lowest BCUT2D eigenvalue weighted by atomic mass is 10.3. The molecule has 0 atom stereocenters. The van der Waals surface area contributed by atoms with Crippen molar-refractivity contribution in [3.05, 3.63) is 52.2 Å². The Balaban J connectivity index is 2.69. The molecule has 0 amide bonds. The van der Waals surface area contributed by atoms with Gasteiger partial charge < -0.3 is 4.98 Å². The molecular formula is C10H8F2N2O. The zero-order valence-corrected chi connectivity index (χ0v) is 7.92. The van der Waals surface area contributed by atoms with Crippen LogP contribution in [0, 0.1) is 18.6 Å². The third-order valence-electron chi connectivity index (χ3n) is 2.11. The molecule has 1 aromatic carbocycles. The number of H-pyrrole nitrogens is 1. The van der Waals surface area contributed by atoms with Crippen molar-refractivity contribution in [3.63, 3.8) is 0 Å². The normalized spacial score (nSPS) is 10.6. The molecule has 0 saturated carbocycles. The molecule has 78 valence electrons. The number of imidazole rings is 1. The van der Waals surface area contributed by atoms with Crippen molar-refractivity contribution in [1.82, 2.24) is 9.55 Å². The van der Waals surface area contributed by atoms with Crippen molar-refractivity contribution >= 4 is 0 Å². The maximum atomic E-state index is 13.4. The predicted molar refractivity (Wildman–Crippen MR) is 51.0 cm³/mol. The summed E-state index contributed by atoms with van der Waals surface area (Å²) in [6.45, 7) is 1.65. The molecule has 2 aromatic rings. The number of nitrogens with one attached hydrogen (secondary N) is 1. The highest BCUT2D eigenvalue weighted by molar-refractivity contribution is 5.35. The molecule has 0 saturated heterocycles. The van der Waals surface area contributed by atoms with E-state index in [1.165, 1.54) is 12.3 Å². The highest BCUT2D eigenvalue weighted by Crippen LogP contribution is 2.14. The molecule has 0 radical (unpaired) electrons. The topological polar surface area (TPSA) is 37.8 Å². The Hall–Kier alpha value is -1.91. The monoisotopic (exact) mass is 210 g/mol. The van der Waals surface area contributed by atoms with Crippen molar-refractivity contribution in [1.29, 1.82) is 0 Å². The molecule has 0 fully saturated rings. The van der Waals surface area contributed by atoms with E-state index in [2.05, 4.69) is 4.98 Å². The van der Waals surface area contributed by atoms with E-state index >= 15 is 0 Å². The second kappa shape index (κ2) is 3.34. The molecule has 0 aliphatic heterocycles. The van der Waals surface area contributed by atoms with Gasteiger partial charge >= 0.3 is 5.69 Å². The summed E-state index contributed by atoms with van der Waals surface area (Å²) in [5.74, 6) is -1.43. The Morgan fingerprint density at radius 1 is 1.33 bits per heavy atom. The highest BCUT2D eigenvalue weighted by Gasteiger charge is 2.10. The zero-order valence-electron chi connectivity index (χ0n) is 7.92. The van der Waals surface area contributed by atoms with Crippen LogP contribution >= 0.6 is 0 Å². The minimum atomic E-state index is -0.764. The van der Waals surface area contributed by atoms with E-state index in [4.69, 9.17) is 0 Å². The fourth-order valence-electron chi connectivity index (χ4n) is 1.42. The van der Waals surface area contributed by atoms with E-state index < -0.39 is 17.3 Å². The maximum Gasteiger partial charge on any atom is 0.330 e. The van der Waals surface area contributed by atoms with Crippen molar-refractivity contribution in [2.75, 3.05) is 0 Å². The number of aromatic nitrogens is 2. The number of hydrogen-bond acceptors (Lipinski definition) is 1. The maximum absolute atomic E-state index is 13.4. The van der Waals surface area contributed by atoms with E-state index in [0.29, 0.717) is 5.69 Å². The highest BCUT2D eigenvalue weighted by atomic mass is 19.1. The average molecular weight is 210 g/mol. The first-order chi connectivity index (χ1) is 7.09. The van der Waals surface area contributed by atoms with Gasteiger partial charge in [0.2, 0.25) is 0 Å². The molecule has 5 heteroatoms. The molecule has 3 nitrogen and oxygen atoms in total. The van der Waals surface area contributed by atoms with Crippen molar-refractivity contribution < 1.29 is 8.78 Å². The van der Waals surface area contributed by atoms with Gasteiger partial charge in [-0.1, -0.05) is 0 Å². The number of hydrogen-bond donors (Lipinski definition) is 1. The molecule has 0 aliphatic rings. The van der Waals surface area contributed by atoms with Gasteiger partial charge in [-0.25, -0.2) is 13.6 Å². The second-order valence-electron chi connectivity index (χ2n) is 3.17. The molecule has 15 heavy (non-hydrogen) atoms. The van der Waals surface area contributed by atoms with Gasteiger partial charge in [0.25, 0.3) is 0 Å². The molecule has 1 N–H and O–H groups in total. The lowest BCUT2D eigenvalue weighted by Gasteiger charge is -2.04. The van der Waals surface area contributed by atoms with Gasteiger partial charge in [0.1, 0.15) is 11.6 Å². The first kappa shape index (κ1) is 9.64. The number of aromatic amines is 1. The van der Waals surface area contributed by atoms with Gasteiger partial charge in [-0.15, -0.1) is 0 Å². The van der Waals surface area contributed by atoms with E-state index in [9.17, 15) is 13.6 Å². The number of halogens is 2. The first-order valence-electron chi connectivity index (χ1n) is 4.32. The van der Waals surface area contributed by atoms with Gasteiger partial charge in [-0.2, -0.15) is 0 Å². The summed E-state index contributed by atoms with van der Waals surface area (Å²) in [5, 5.41) is 0. The van der Waals surface area contributed by atoms with Crippen LogP contribution in [0.4, 0.5) is 8.78 Å². The van der Waals surface area contributed by atoms with Crippen molar-refractivity contribution in [2.45, 2.75) is 6.92 Å².